The summed E-state index contributed by atoms with van der Waals surface area (Å²) in [5.74, 6) is -0.289. The molecular weight excluding hydrogens is 262 g/mol. The summed E-state index contributed by atoms with van der Waals surface area (Å²) in [7, 11) is 1.52. The Balaban J connectivity index is 2.20. The van der Waals surface area contributed by atoms with E-state index in [0.717, 1.165) is 19.3 Å². The Labute approximate surface area is 116 Å². The number of nitrogens with zero attached hydrogens (tertiary/aromatic N) is 3. The number of carbonyl (C=O) groups is 1. The molecule has 0 aliphatic heterocycles. The first-order valence-corrected chi connectivity index (χ1v) is 6.78. The van der Waals surface area contributed by atoms with E-state index >= 15 is 0 Å². The Morgan fingerprint density at radius 3 is 2.70 bits per heavy atom. The van der Waals surface area contributed by atoms with Crippen LogP contribution in [0.25, 0.3) is 0 Å². The molecule has 1 saturated carbocycles. The van der Waals surface area contributed by atoms with E-state index in [1.165, 1.54) is 23.7 Å². The van der Waals surface area contributed by atoms with Crippen LogP contribution in [0.5, 0.6) is 0 Å². The molecule has 1 aromatic rings. The summed E-state index contributed by atoms with van der Waals surface area (Å²) in [5.41, 5.74) is 0.321. The summed E-state index contributed by atoms with van der Waals surface area (Å²) in [5, 5.41) is 19.8. The van der Waals surface area contributed by atoms with Crippen molar-refractivity contribution in [1.82, 2.24) is 9.47 Å². The predicted octanol–water partition coefficient (Wildman–Crippen LogP) is 1.31. The van der Waals surface area contributed by atoms with Gasteiger partial charge in [-0.15, -0.1) is 0 Å². The molecule has 1 amide bonds. The van der Waals surface area contributed by atoms with Gasteiger partial charge in [0.05, 0.1) is 7.05 Å². The lowest BCUT2D eigenvalue weighted by molar-refractivity contribution is -0.391. The quantitative estimate of drug-likeness (QED) is 0.629. The molecule has 2 rings (SSSR count). The van der Waals surface area contributed by atoms with E-state index in [1.807, 2.05) is 0 Å². The molecule has 1 N–H and O–H groups in total. The minimum atomic E-state index is -0.502. The highest BCUT2D eigenvalue weighted by atomic mass is 16.6. The van der Waals surface area contributed by atoms with Crippen molar-refractivity contribution in [2.24, 2.45) is 7.05 Å². The molecule has 1 aliphatic rings. The Hall–Kier alpha value is -1.89. The lowest BCUT2D eigenvalue weighted by Crippen LogP contribution is -2.45. The second-order valence-corrected chi connectivity index (χ2v) is 5.05. The van der Waals surface area contributed by atoms with Gasteiger partial charge >= 0.3 is 5.82 Å². The van der Waals surface area contributed by atoms with E-state index in [2.05, 4.69) is 0 Å². The molecule has 0 saturated heterocycles. The predicted molar refractivity (Wildman–Crippen MR) is 72.4 cm³/mol. The molecule has 1 aromatic heterocycles. The van der Waals surface area contributed by atoms with Crippen LogP contribution < -0.4 is 0 Å². The third-order valence-electron chi connectivity index (χ3n) is 3.83. The van der Waals surface area contributed by atoms with Gasteiger partial charge in [-0.1, -0.05) is 0 Å². The lowest BCUT2D eigenvalue weighted by atomic mass is 9.91. The summed E-state index contributed by atoms with van der Waals surface area (Å²) in [6.07, 6.45) is 3.54. The first-order chi connectivity index (χ1) is 9.56. The number of hydrogen-bond acceptors (Lipinski definition) is 4. The molecule has 110 valence electrons. The molecule has 0 unspecified atom stereocenters. The largest absolute Gasteiger partial charge is 0.396 e. The highest BCUT2D eigenvalue weighted by molar-refractivity contribution is 5.93. The van der Waals surface area contributed by atoms with E-state index in [4.69, 9.17) is 5.11 Å². The van der Waals surface area contributed by atoms with Crippen LogP contribution in [0.1, 0.15) is 36.2 Å². The van der Waals surface area contributed by atoms with Crippen molar-refractivity contribution in [3.8, 4) is 0 Å². The van der Waals surface area contributed by atoms with Gasteiger partial charge in [0, 0.05) is 25.3 Å². The van der Waals surface area contributed by atoms with Crippen molar-refractivity contribution in [3.63, 3.8) is 0 Å². The second-order valence-electron chi connectivity index (χ2n) is 5.05. The fourth-order valence-electron chi connectivity index (χ4n) is 2.44. The number of carbonyl (C=O) groups excluding carboxylic acids is 1. The average Bonchev–Trinajstić information content (AvgIpc) is 2.73. The highest BCUT2D eigenvalue weighted by Gasteiger charge is 2.32. The Bertz CT molecular complexity index is 508. The summed E-state index contributed by atoms with van der Waals surface area (Å²) in [4.78, 5) is 24.6. The summed E-state index contributed by atoms with van der Waals surface area (Å²) in [6, 6.07) is 3.03. The zero-order chi connectivity index (χ0) is 14.7. The molecule has 1 aliphatic carbocycles. The maximum atomic E-state index is 12.5. The van der Waals surface area contributed by atoms with Gasteiger partial charge in [0.25, 0.3) is 5.91 Å². The third kappa shape index (κ3) is 2.67. The van der Waals surface area contributed by atoms with Gasteiger partial charge in [0.15, 0.2) is 5.69 Å². The number of aromatic nitrogens is 1. The van der Waals surface area contributed by atoms with Gasteiger partial charge in [-0.2, -0.15) is 0 Å². The van der Waals surface area contributed by atoms with Gasteiger partial charge in [0.2, 0.25) is 0 Å². The molecular formula is C13H19N3O4. The Morgan fingerprint density at radius 2 is 2.25 bits per heavy atom. The summed E-state index contributed by atoms with van der Waals surface area (Å²) >= 11 is 0. The molecule has 7 heteroatoms. The minimum Gasteiger partial charge on any atom is -0.396 e. The van der Waals surface area contributed by atoms with Gasteiger partial charge in [0.1, 0.15) is 0 Å². The fourth-order valence-corrected chi connectivity index (χ4v) is 2.44. The average molecular weight is 281 g/mol. The van der Waals surface area contributed by atoms with E-state index in [9.17, 15) is 14.9 Å². The van der Waals surface area contributed by atoms with Crippen LogP contribution in [0.3, 0.4) is 0 Å². The normalized spacial score (nSPS) is 14.9. The minimum absolute atomic E-state index is 0.0315. The van der Waals surface area contributed by atoms with Crippen LogP contribution in [-0.2, 0) is 7.05 Å². The molecule has 0 aromatic carbocycles. The smallest absolute Gasteiger partial charge is 0.323 e. The van der Waals surface area contributed by atoms with Crippen molar-refractivity contribution < 1.29 is 14.8 Å². The van der Waals surface area contributed by atoms with Gasteiger partial charge in [-0.3, -0.25) is 4.79 Å². The molecule has 0 atom stereocenters. The van der Waals surface area contributed by atoms with Crippen molar-refractivity contribution in [2.75, 3.05) is 13.2 Å². The number of nitro groups is 1. The Kier molecular flexibility index (Phi) is 4.39. The molecule has 1 fully saturated rings. The van der Waals surface area contributed by atoms with Crippen LogP contribution in [-0.4, -0.2) is 44.6 Å². The molecule has 0 bridgehead atoms. The lowest BCUT2D eigenvalue weighted by Gasteiger charge is -2.37. The van der Waals surface area contributed by atoms with Crippen LogP contribution in [0, 0.1) is 10.1 Å². The first-order valence-electron chi connectivity index (χ1n) is 6.78. The zero-order valence-corrected chi connectivity index (χ0v) is 11.5. The van der Waals surface area contributed by atoms with Crippen LogP contribution in [0.2, 0.25) is 0 Å². The topological polar surface area (TPSA) is 88.6 Å². The van der Waals surface area contributed by atoms with Crippen molar-refractivity contribution in [1.29, 1.82) is 0 Å². The molecule has 0 radical (unpaired) electrons. The number of aliphatic hydroxyl groups excluding tert-OH is 1. The van der Waals surface area contributed by atoms with Gasteiger partial charge in [-0.05, 0) is 36.7 Å². The second kappa shape index (κ2) is 6.04. The number of aliphatic hydroxyl groups is 1. The molecule has 7 nitrogen and oxygen atoms in total. The fraction of sp³-hybridized carbons (Fsp3) is 0.615. The van der Waals surface area contributed by atoms with Crippen LogP contribution in [0.15, 0.2) is 12.1 Å². The molecule has 0 spiro atoms. The SMILES string of the molecule is Cn1c(C(=O)N(CCCO)C2CCC2)ccc1[N+](=O)[O-]. The third-order valence-corrected chi connectivity index (χ3v) is 3.83. The van der Waals surface area contributed by atoms with Gasteiger partial charge in [-0.25, -0.2) is 4.57 Å². The van der Waals surface area contributed by atoms with Crippen molar-refractivity contribution in [2.45, 2.75) is 31.7 Å². The maximum Gasteiger partial charge on any atom is 0.323 e. The summed E-state index contributed by atoms with van der Waals surface area (Å²) < 4.78 is 1.31. The maximum absolute atomic E-state index is 12.5. The van der Waals surface area contributed by atoms with E-state index in [-0.39, 0.29) is 24.4 Å². The van der Waals surface area contributed by atoms with E-state index < -0.39 is 4.92 Å². The van der Waals surface area contributed by atoms with E-state index in [0.29, 0.717) is 18.7 Å². The zero-order valence-electron chi connectivity index (χ0n) is 11.5. The number of amides is 1. The molecule has 20 heavy (non-hydrogen) atoms. The Morgan fingerprint density at radius 1 is 1.55 bits per heavy atom. The number of rotatable bonds is 6. The highest BCUT2D eigenvalue weighted by Crippen LogP contribution is 2.27. The van der Waals surface area contributed by atoms with Crippen LogP contribution in [0.4, 0.5) is 5.82 Å². The number of hydrogen-bond donors (Lipinski definition) is 1. The van der Waals surface area contributed by atoms with Gasteiger partial charge < -0.3 is 20.1 Å². The monoisotopic (exact) mass is 281 g/mol. The van der Waals surface area contributed by atoms with E-state index in [1.54, 1.807) is 4.90 Å². The van der Waals surface area contributed by atoms with Crippen molar-refractivity contribution in [3.05, 3.63) is 27.9 Å². The summed E-state index contributed by atoms with van der Waals surface area (Å²) in [6.45, 7) is 0.517. The van der Waals surface area contributed by atoms with Crippen molar-refractivity contribution >= 4 is 11.7 Å². The first kappa shape index (κ1) is 14.5. The molecule has 1 heterocycles. The standard InChI is InChI=1S/C13H19N3O4/c1-14-11(6-7-12(14)16(19)20)13(18)15(8-3-9-17)10-4-2-5-10/h6-7,10,17H,2-5,8-9H2,1H3. The van der Waals surface area contributed by atoms with Crippen LogP contribution >= 0.6 is 0 Å².